The lowest BCUT2D eigenvalue weighted by Gasteiger charge is -2.32. The van der Waals surface area contributed by atoms with E-state index in [1.54, 1.807) is 39.1 Å². The third-order valence-electron chi connectivity index (χ3n) is 7.62. The molecule has 3 N–H and O–H groups in total. The van der Waals surface area contributed by atoms with Crippen molar-refractivity contribution in [3.05, 3.63) is 41.2 Å². The third-order valence-corrected chi connectivity index (χ3v) is 10.5. The molecule has 3 aromatic rings. The summed E-state index contributed by atoms with van der Waals surface area (Å²) >= 11 is 1.29. The Kier molecular flexibility index (Phi) is 8.00. The van der Waals surface area contributed by atoms with Gasteiger partial charge in [-0.2, -0.15) is 0 Å². The molecule has 40 heavy (non-hydrogen) atoms. The molecule has 9 nitrogen and oxygen atoms in total. The summed E-state index contributed by atoms with van der Waals surface area (Å²) in [5, 5.41) is 13.6. The summed E-state index contributed by atoms with van der Waals surface area (Å²) in [7, 11) is -3.88. The first-order valence-corrected chi connectivity index (χ1v) is 16.2. The van der Waals surface area contributed by atoms with Crippen molar-refractivity contribution in [1.82, 2.24) is 20.0 Å². The van der Waals surface area contributed by atoms with Gasteiger partial charge in [0.05, 0.1) is 16.5 Å². The Hall–Kier alpha value is -2.89. The molecule has 2 aromatic heterocycles. The van der Waals surface area contributed by atoms with Crippen molar-refractivity contribution in [3.8, 4) is 10.4 Å². The smallest absolute Gasteiger partial charge is 0.306 e. The zero-order chi connectivity index (χ0) is 28.7. The van der Waals surface area contributed by atoms with Crippen molar-refractivity contribution in [2.75, 3.05) is 0 Å². The standard InChI is InChI=1S/C29H36N4O5S2/c1-29(2,3)33-40(37,38)27-21-12-8-7-11-20(21)22(16-30-27)24-23(13-17-9-5-4-6-10-17)32-26(39-24)25(34)31-19-14-18(15-19)28(35)36/h7-8,11-12,16-19,33H,4-6,9-10,13-15H2,1-3H3,(H,31,34)(H,35,36)/t18-,19-. The number of carboxylic acids is 1. The number of carbonyl (C=O) groups excluding carboxylic acids is 1. The van der Waals surface area contributed by atoms with Crippen molar-refractivity contribution in [2.45, 2.75) is 88.7 Å². The van der Waals surface area contributed by atoms with Gasteiger partial charge in [0.25, 0.3) is 15.9 Å². The van der Waals surface area contributed by atoms with Crippen LogP contribution in [0.3, 0.4) is 0 Å². The Morgan fingerprint density at radius 1 is 1.07 bits per heavy atom. The Labute approximate surface area is 238 Å². The Balaban J connectivity index is 1.53. The summed E-state index contributed by atoms with van der Waals surface area (Å²) in [6, 6.07) is 7.12. The number of fused-ring (bicyclic) bond motifs is 1. The molecule has 1 aromatic carbocycles. The maximum Gasteiger partial charge on any atom is 0.306 e. The highest BCUT2D eigenvalue weighted by Gasteiger charge is 2.36. The van der Waals surface area contributed by atoms with E-state index in [1.165, 1.54) is 30.6 Å². The summed E-state index contributed by atoms with van der Waals surface area (Å²) in [5.41, 5.74) is 0.912. The molecule has 2 saturated carbocycles. The molecule has 0 aliphatic heterocycles. The van der Waals surface area contributed by atoms with Gasteiger partial charge in [-0.3, -0.25) is 9.59 Å². The number of benzene rings is 1. The number of amides is 1. The van der Waals surface area contributed by atoms with Gasteiger partial charge in [0, 0.05) is 28.7 Å². The van der Waals surface area contributed by atoms with Crippen LogP contribution in [-0.4, -0.2) is 46.9 Å². The summed E-state index contributed by atoms with van der Waals surface area (Å²) < 4.78 is 29.2. The van der Waals surface area contributed by atoms with Crippen LogP contribution in [-0.2, 0) is 21.2 Å². The van der Waals surface area contributed by atoms with E-state index in [0.29, 0.717) is 29.2 Å². The van der Waals surface area contributed by atoms with E-state index >= 15 is 0 Å². The normalized spacial score (nSPS) is 20.3. The number of aliphatic carboxylic acids is 1. The molecule has 11 heteroatoms. The predicted molar refractivity (Wildman–Crippen MR) is 155 cm³/mol. The SMILES string of the molecule is CC(C)(C)NS(=O)(=O)c1ncc(-c2sc(C(=O)N[C@H]3C[C@H](C(=O)O)C3)nc2CC2CCCCC2)c2ccccc12. The fourth-order valence-electron chi connectivity index (χ4n) is 5.66. The number of carbonyl (C=O) groups is 2. The Bertz CT molecular complexity index is 1530. The van der Waals surface area contributed by atoms with Gasteiger partial charge in [0.2, 0.25) is 0 Å². The number of nitrogens with zero attached hydrogens (tertiary/aromatic N) is 2. The fourth-order valence-corrected chi connectivity index (χ4v) is 8.24. The summed E-state index contributed by atoms with van der Waals surface area (Å²) in [4.78, 5) is 34.4. The van der Waals surface area contributed by atoms with E-state index in [4.69, 9.17) is 10.1 Å². The number of aromatic nitrogens is 2. The summed E-state index contributed by atoms with van der Waals surface area (Å²) in [6.45, 7) is 5.36. The number of sulfonamides is 1. The molecule has 2 fully saturated rings. The summed E-state index contributed by atoms with van der Waals surface area (Å²) in [5.74, 6) is -1.08. The zero-order valence-electron chi connectivity index (χ0n) is 23.1. The lowest BCUT2D eigenvalue weighted by molar-refractivity contribution is -0.145. The van der Waals surface area contributed by atoms with Crippen molar-refractivity contribution >= 4 is 44.0 Å². The van der Waals surface area contributed by atoms with Crippen LogP contribution >= 0.6 is 11.3 Å². The van der Waals surface area contributed by atoms with Crippen molar-refractivity contribution in [1.29, 1.82) is 0 Å². The van der Waals surface area contributed by atoms with Crippen molar-refractivity contribution < 1.29 is 23.1 Å². The molecule has 0 saturated heterocycles. The van der Waals surface area contributed by atoms with E-state index < -0.39 is 27.4 Å². The van der Waals surface area contributed by atoms with Gasteiger partial charge in [0.1, 0.15) is 0 Å². The molecular formula is C29H36N4O5S2. The number of pyridine rings is 1. The Morgan fingerprint density at radius 2 is 1.75 bits per heavy atom. The first-order chi connectivity index (χ1) is 18.9. The monoisotopic (exact) mass is 584 g/mol. The van der Waals surface area contributed by atoms with E-state index in [2.05, 4.69) is 15.0 Å². The van der Waals surface area contributed by atoms with Gasteiger partial charge in [-0.05, 0) is 51.3 Å². The molecule has 0 bridgehead atoms. The van der Waals surface area contributed by atoms with Gasteiger partial charge < -0.3 is 10.4 Å². The van der Waals surface area contributed by atoms with Gasteiger partial charge in [-0.25, -0.2) is 23.1 Å². The molecule has 0 radical (unpaired) electrons. The molecule has 2 heterocycles. The van der Waals surface area contributed by atoms with Crippen LogP contribution in [0, 0.1) is 11.8 Å². The second-order valence-corrected chi connectivity index (χ2v) is 14.7. The van der Waals surface area contributed by atoms with Gasteiger partial charge in [0.15, 0.2) is 10.0 Å². The van der Waals surface area contributed by atoms with E-state index in [-0.39, 0.29) is 17.0 Å². The highest BCUT2D eigenvalue weighted by atomic mass is 32.2. The molecule has 0 unspecified atom stereocenters. The zero-order valence-corrected chi connectivity index (χ0v) is 24.7. The predicted octanol–water partition coefficient (Wildman–Crippen LogP) is 5.15. The Morgan fingerprint density at radius 3 is 2.40 bits per heavy atom. The van der Waals surface area contributed by atoms with Gasteiger partial charge in [-0.15, -0.1) is 11.3 Å². The molecule has 5 rings (SSSR count). The molecule has 0 atom stereocenters. The number of thiazole rings is 1. The minimum Gasteiger partial charge on any atom is -0.481 e. The van der Waals surface area contributed by atoms with Crippen LogP contribution in [0.2, 0.25) is 0 Å². The minimum atomic E-state index is -3.88. The summed E-state index contributed by atoms with van der Waals surface area (Å²) in [6.07, 6.45) is 9.00. The number of nitrogens with one attached hydrogen (secondary N) is 2. The quantitative estimate of drug-likeness (QED) is 0.333. The van der Waals surface area contributed by atoms with Crippen LogP contribution in [0.4, 0.5) is 0 Å². The van der Waals surface area contributed by atoms with E-state index in [0.717, 1.165) is 40.8 Å². The van der Waals surface area contributed by atoms with E-state index in [9.17, 15) is 18.0 Å². The highest BCUT2D eigenvalue weighted by molar-refractivity contribution is 7.89. The molecular weight excluding hydrogens is 548 g/mol. The topological polar surface area (TPSA) is 138 Å². The lowest BCUT2D eigenvalue weighted by Crippen LogP contribution is -2.46. The average molecular weight is 585 g/mol. The van der Waals surface area contributed by atoms with Gasteiger partial charge >= 0.3 is 5.97 Å². The number of rotatable bonds is 8. The molecule has 214 valence electrons. The van der Waals surface area contributed by atoms with Crippen LogP contribution in [0.25, 0.3) is 21.2 Å². The fraction of sp³-hybridized carbons (Fsp3) is 0.517. The second-order valence-electron chi connectivity index (χ2n) is 12.1. The molecule has 0 spiro atoms. The highest BCUT2D eigenvalue weighted by Crippen LogP contribution is 2.39. The minimum absolute atomic E-state index is 0.0314. The van der Waals surface area contributed by atoms with E-state index in [1.807, 2.05) is 12.1 Å². The average Bonchev–Trinajstić information content (AvgIpc) is 3.27. The van der Waals surface area contributed by atoms with Crippen LogP contribution < -0.4 is 10.0 Å². The van der Waals surface area contributed by atoms with Crippen LogP contribution in [0.15, 0.2) is 35.5 Å². The van der Waals surface area contributed by atoms with Crippen LogP contribution in [0.1, 0.15) is 81.2 Å². The first kappa shape index (κ1) is 28.6. The third kappa shape index (κ3) is 6.21. The second kappa shape index (κ2) is 11.2. The lowest BCUT2D eigenvalue weighted by atomic mass is 9.80. The number of hydrogen-bond donors (Lipinski definition) is 3. The van der Waals surface area contributed by atoms with Gasteiger partial charge in [-0.1, -0.05) is 56.4 Å². The van der Waals surface area contributed by atoms with Crippen LogP contribution in [0.5, 0.6) is 0 Å². The van der Waals surface area contributed by atoms with Crippen molar-refractivity contribution in [3.63, 3.8) is 0 Å². The number of carboxylic acid groups (broad SMARTS) is 1. The first-order valence-electron chi connectivity index (χ1n) is 13.9. The van der Waals surface area contributed by atoms with Crippen molar-refractivity contribution in [2.24, 2.45) is 11.8 Å². The number of hydrogen-bond acceptors (Lipinski definition) is 7. The molecule has 2 aliphatic carbocycles. The maximum absolute atomic E-state index is 13.3. The maximum atomic E-state index is 13.3. The molecule has 1 amide bonds. The largest absolute Gasteiger partial charge is 0.481 e. The molecule has 2 aliphatic rings.